The minimum absolute atomic E-state index is 0.0673. The Labute approximate surface area is 87.1 Å². The number of carbonyl (C=O) groups excluding carboxylic acids is 1. The highest BCUT2D eigenvalue weighted by Crippen LogP contribution is 2.12. The van der Waals surface area contributed by atoms with Crippen LogP contribution in [-0.4, -0.2) is 35.4 Å². The molecule has 0 bridgehead atoms. The first-order valence-corrected chi connectivity index (χ1v) is 4.46. The van der Waals surface area contributed by atoms with Crippen LogP contribution in [0.1, 0.15) is 10.4 Å². The normalized spacial score (nSPS) is 12.2. The van der Waals surface area contributed by atoms with Gasteiger partial charge in [-0.25, -0.2) is 0 Å². The molecule has 1 aromatic carbocycles. The maximum absolute atomic E-state index is 11.2. The summed E-state index contributed by atoms with van der Waals surface area (Å²) in [5.41, 5.74) is 5.35. The molecule has 1 unspecified atom stereocenters. The van der Waals surface area contributed by atoms with E-state index in [1.807, 2.05) is 0 Å². The highest BCUT2D eigenvalue weighted by atomic mass is 16.5. The van der Waals surface area contributed by atoms with Crippen LogP contribution < -0.4 is 10.5 Å². The number of ketones is 1. The van der Waals surface area contributed by atoms with Crippen LogP contribution in [0.5, 0.6) is 5.75 Å². The van der Waals surface area contributed by atoms with Gasteiger partial charge < -0.3 is 14.9 Å². The van der Waals surface area contributed by atoms with Gasteiger partial charge >= 0.3 is 0 Å². The van der Waals surface area contributed by atoms with E-state index in [0.717, 1.165) is 0 Å². The molecular formula is C10H13NO4. The average molecular weight is 211 g/mol. The largest absolute Gasteiger partial charge is 0.491 e. The van der Waals surface area contributed by atoms with Gasteiger partial charge in [-0.05, 0) is 24.3 Å². The summed E-state index contributed by atoms with van der Waals surface area (Å²) < 4.78 is 5.10. The van der Waals surface area contributed by atoms with E-state index >= 15 is 0 Å². The lowest BCUT2D eigenvalue weighted by molar-refractivity contribution is 0.0759. The molecule has 5 heteroatoms. The highest BCUT2D eigenvalue weighted by molar-refractivity contribution is 5.98. The number of benzene rings is 1. The van der Waals surface area contributed by atoms with Crippen LogP contribution >= 0.6 is 0 Å². The molecule has 0 spiro atoms. The van der Waals surface area contributed by atoms with Crippen molar-refractivity contribution in [3.63, 3.8) is 0 Å². The maximum atomic E-state index is 11.2. The van der Waals surface area contributed by atoms with E-state index in [1.54, 1.807) is 12.1 Å². The first-order chi connectivity index (χ1) is 7.15. The van der Waals surface area contributed by atoms with Crippen LogP contribution in [0.3, 0.4) is 0 Å². The lowest BCUT2D eigenvalue weighted by Crippen LogP contribution is -2.29. The number of ether oxygens (including phenoxy) is 1. The van der Waals surface area contributed by atoms with Crippen molar-refractivity contribution in [1.82, 2.24) is 0 Å². The lowest BCUT2D eigenvalue weighted by atomic mass is 10.1. The van der Waals surface area contributed by atoms with Crippen molar-refractivity contribution in [2.75, 3.05) is 13.2 Å². The Kier molecular flexibility index (Phi) is 4.23. The second kappa shape index (κ2) is 5.45. The van der Waals surface area contributed by atoms with Crippen molar-refractivity contribution >= 4 is 5.78 Å². The van der Waals surface area contributed by atoms with E-state index in [-0.39, 0.29) is 13.2 Å². The Bertz CT molecular complexity index is 321. The molecule has 0 heterocycles. The number of rotatable bonds is 5. The summed E-state index contributed by atoms with van der Waals surface area (Å²) in [6.07, 6.45) is -1.49. The van der Waals surface area contributed by atoms with Gasteiger partial charge in [0, 0.05) is 5.56 Å². The predicted octanol–water partition coefficient (Wildman–Crippen LogP) is -0.483. The molecule has 0 saturated carbocycles. The number of hydrogen-bond donors (Lipinski definition) is 3. The molecular weight excluding hydrogens is 198 g/mol. The predicted molar refractivity (Wildman–Crippen MR) is 53.5 cm³/mol. The number of carbonyl (C=O) groups is 1. The highest BCUT2D eigenvalue weighted by Gasteiger charge is 2.11. The topological polar surface area (TPSA) is 92.8 Å². The van der Waals surface area contributed by atoms with Crippen LogP contribution in [0, 0.1) is 0 Å². The summed E-state index contributed by atoms with van der Waals surface area (Å²) in [5, 5.41) is 17.4. The summed E-state index contributed by atoms with van der Waals surface area (Å²) in [6, 6.07) is 6.16. The number of aliphatic hydroxyl groups excluding tert-OH is 2. The minimum Gasteiger partial charge on any atom is -0.491 e. The smallest absolute Gasteiger partial charge is 0.205 e. The molecule has 15 heavy (non-hydrogen) atoms. The fourth-order valence-electron chi connectivity index (χ4n) is 1.05. The zero-order valence-corrected chi connectivity index (χ0v) is 8.09. The third kappa shape index (κ3) is 3.32. The van der Waals surface area contributed by atoms with Gasteiger partial charge in [-0.3, -0.25) is 10.5 Å². The summed E-state index contributed by atoms with van der Waals surface area (Å²) in [4.78, 5) is 11.2. The maximum Gasteiger partial charge on any atom is 0.205 e. The molecule has 82 valence electrons. The van der Waals surface area contributed by atoms with Crippen LogP contribution in [0.4, 0.5) is 0 Å². The minimum atomic E-state index is -1.49. The van der Waals surface area contributed by atoms with Gasteiger partial charge in [0.25, 0.3) is 0 Å². The van der Waals surface area contributed by atoms with Crippen molar-refractivity contribution < 1.29 is 19.7 Å². The third-order valence-corrected chi connectivity index (χ3v) is 1.77. The zero-order chi connectivity index (χ0) is 11.3. The first kappa shape index (κ1) is 11.6. The Morgan fingerprint density at radius 2 is 2.00 bits per heavy atom. The SMILES string of the molecule is NC(O)C(=O)c1ccc(OCCO)cc1. The van der Waals surface area contributed by atoms with Crippen molar-refractivity contribution in [2.45, 2.75) is 6.23 Å². The van der Waals surface area contributed by atoms with Crippen molar-refractivity contribution in [3.05, 3.63) is 29.8 Å². The van der Waals surface area contributed by atoms with Gasteiger partial charge in [0.1, 0.15) is 12.4 Å². The second-order valence-corrected chi connectivity index (χ2v) is 2.91. The monoisotopic (exact) mass is 211 g/mol. The molecule has 0 saturated heterocycles. The second-order valence-electron chi connectivity index (χ2n) is 2.91. The van der Waals surface area contributed by atoms with E-state index in [4.69, 9.17) is 20.7 Å². The number of nitrogens with two attached hydrogens (primary N) is 1. The van der Waals surface area contributed by atoms with E-state index in [2.05, 4.69) is 0 Å². The van der Waals surface area contributed by atoms with E-state index in [9.17, 15) is 4.79 Å². The molecule has 1 rings (SSSR count). The van der Waals surface area contributed by atoms with Gasteiger partial charge in [0.05, 0.1) is 6.61 Å². The van der Waals surface area contributed by atoms with Crippen LogP contribution in [-0.2, 0) is 0 Å². The van der Waals surface area contributed by atoms with E-state index in [1.165, 1.54) is 12.1 Å². The summed E-state index contributed by atoms with van der Waals surface area (Å²) >= 11 is 0. The van der Waals surface area contributed by atoms with Gasteiger partial charge in [0.15, 0.2) is 6.23 Å². The number of aliphatic hydroxyl groups is 2. The molecule has 5 nitrogen and oxygen atoms in total. The Balaban J connectivity index is 2.68. The van der Waals surface area contributed by atoms with Gasteiger partial charge in [-0.15, -0.1) is 0 Å². The van der Waals surface area contributed by atoms with Crippen LogP contribution in [0.15, 0.2) is 24.3 Å². The molecule has 0 fully saturated rings. The Morgan fingerprint density at radius 1 is 1.40 bits per heavy atom. The number of hydrogen-bond acceptors (Lipinski definition) is 5. The van der Waals surface area contributed by atoms with Crippen molar-refractivity contribution in [1.29, 1.82) is 0 Å². The molecule has 0 amide bonds. The fourth-order valence-corrected chi connectivity index (χ4v) is 1.05. The van der Waals surface area contributed by atoms with Gasteiger partial charge in [-0.2, -0.15) is 0 Å². The zero-order valence-electron chi connectivity index (χ0n) is 8.09. The molecule has 1 aromatic rings. The molecule has 0 radical (unpaired) electrons. The molecule has 1 atom stereocenters. The molecule has 0 aliphatic rings. The lowest BCUT2D eigenvalue weighted by Gasteiger charge is -2.06. The molecule has 0 aliphatic carbocycles. The van der Waals surface area contributed by atoms with E-state index in [0.29, 0.717) is 11.3 Å². The Hall–Kier alpha value is -1.43. The van der Waals surface area contributed by atoms with Gasteiger partial charge in [-0.1, -0.05) is 0 Å². The molecule has 0 aliphatic heterocycles. The van der Waals surface area contributed by atoms with Gasteiger partial charge in [0.2, 0.25) is 5.78 Å². The Morgan fingerprint density at radius 3 is 2.47 bits per heavy atom. The van der Waals surface area contributed by atoms with Crippen molar-refractivity contribution in [2.24, 2.45) is 5.73 Å². The summed E-state index contributed by atoms with van der Waals surface area (Å²) in [7, 11) is 0. The van der Waals surface area contributed by atoms with Crippen LogP contribution in [0.2, 0.25) is 0 Å². The third-order valence-electron chi connectivity index (χ3n) is 1.77. The molecule has 0 aromatic heterocycles. The standard InChI is InChI=1S/C10H13NO4/c11-10(14)9(13)7-1-3-8(4-2-7)15-6-5-12/h1-4,10,12,14H,5-6,11H2. The summed E-state index contributed by atoms with van der Waals surface area (Å²) in [5.74, 6) is 0.0100. The fraction of sp³-hybridized carbons (Fsp3) is 0.300. The quantitative estimate of drug-likeness (QED) is 0.451. The summed E-state index contributed by atoms with van der Waals surface area (Å²) in [6.45, 7) is 0.134. The molecule has 4 N–H and O–H groups in total. The van der Waals surface area contributed by atoms with Crippen molar-refractivity contribution in [3.8, 4) is 5.75 Å². The first-order valence-electron chi connectivity index (χ1n) is 4.46. The van der Waals surface area contributed by atoms with Crippen LogP contribution in [0.25, 0.3) is 0 Å². The number of Topliss-reactive ketones (excluding diaryl/α,β-unsaturated/α-hetero) is 1. The van der Waals surface area contributed by atoms with E-state index < -0.39 is 12.0 Å². The average Bonchev–Trinajstić information content (AvgIpc) is 2.26.